The number of rotatable bonds is 6. The maximum atomic E-state index is 12.4. The van der Waals surface area contributed by atoms with E-state index in [2.05, 4.69) is 17.3 Å². The lowest BCUT2D eigenvalue weighted by atomic mass is 9.89. The van der Waals surface area contributed by atoms with Gasteiger partial charge in [0.15, 0.2) is 0 Å². The van der Waals surface area contributed by atoms with Crippen LogP contribution in [0.1, 0.15) is 22.8 Å². The molecule has 28 heavy (non-hydrogen) atoms. The van der Waals surface area contributed by atoms with Gasteiger partial charge in [-0.15, -0.1) is 11.3 Å². The van der Waals surface area contributed by atoms with Gasteiger partial charge in [0, 0.05) is 28.2 Å². The smallest absolute Gasteiger partial charge is 0.225 e. The zero-order valence-corrected chi connectivity index (χ0v) is 16.4. The first-order valence-electron chi connectivity index (χ1n) is 9.09. The predicted octanol–water partition coefficient (Wildman–Crippen LogP) is 5.46. The second-order valence-corrected chi connectivity index (χ2v) is 7.50. The van der Waals surface area contributed by atoms with Crippen molar-refractivity contribution in [3.8, 4) is 22.6 Å². The van der Waals surface area contributed by atoms with Gasteiger partial charge >= 0.3 is 0 Å². The number of thiophene rings is 1. The van der Waals surface area contributed by atoms with E-state index in [1.165, 1.54) is 4.88 Å². The van der Waals surface area contributed by atoms with Crippen molar-refractivity contribution in [2.24, 2.45) is 0 Å². The molecule has 1 aromatic heterocycles. The van der Waals surface area contributed by atoms with E-state index in [1.807, 2.05) is 48.5 Å². The maximum Gasteiger partial charge on any atom is 0.225 e. The molecule has 0 unspecified atom stereocenters. The van der Waals surface area contributed by atoms with Crippen molar-refractivity contribution in [3.63, 3.8) is 0 Å². The fourth-order valence-electron chi connectivity index (χ4n) is 3.43. The third-order valence-corrected chi connectivity index (χ3v) is 5.94. The van der Waals surface area contributed by atoms with Crippen LogP contribution in [0, 0.1) is 0 Å². The molecule has 0 saturated heterocycles. The summed E-state index contributed by atoms with van der Waals surface area (Å²) in [5, 5.41) is 5.20. The molecule has 4 nitrogen and oxygen atoms in total. The SMILES string of the molecule is C=CCOc1ccc([C@H]2CC(=O)Nc3c(-c4ccc(OC)cc4)csc32)cc1. The molecule has 1 N–H and O–H groups in total. The van der Waals surface area contributed by atoms with Gasteiger partial charge in [0.1, 0.15) is 18.1 Å². The summed E-state index contributed by atoms with van der Waals surface area (Å²) in [4.78, 5) is 13.6. The Morgan fingerprint density at radius 1 is 1.14 bits per heavy atom. The summed E-state index contributed by atoms with van der Waals surface area (Å²) in [7, 11) is 1.65. The molecule has 0 bridgehead atoms. The molecular formula is C23H21NO3S. The highest BCUT2D eigenvalue weighted by Gasteiger charge is 2.30. The van der Waals surface area contributed by atoms with Gasteiger partial charge in [-0.3, -0.25) is 4.79 Å². The molecule has 3 aromatic rings. The van der Waals surface area contributed by atoms with Crippen molar-refractivity contribution in [1.29, 1.82) is 0 Å². The lowest BCUT2D eigenvalue weighted by molar-refractivity contribution is -0.116. The molecular weight excluding hydrogens is 370 g/mol. The van der Waals surface area contributed by atoms with E-state index in [1.54, 1.807) is 24.5 Å². The topological polar surface area (TPSA) is 47.6 Å². The Bertz CT molecular complexity index is 990. The molecule has 2 aromatic carbocycles. The number of carbonyl (C=O) groups excluding carboxylic acids is 1. The van der Waals surface area contributed by atoms with Crippen molar-refractivity contribution in [2.75, 3.05) is 19.0 Å². The van der Waals surface area contributed by atoms with Gasteiger partial charge in [-0.1, -0.05) is 36.9 Å². The van der Waals surface area contributed by atoms with Crippen LogP contribution in [-0.4, -0.2) is 19.6 Å². The standard InChI is InChI=1S/C23H21NO3S/c1-3-12-27-18-10-6-15(7-11-18)19-13-21(25)24-22-20(14-28-23(19)22)16-4-8-17(26-2)9-5-16/h3-11,14,19H,1,12-13H2,2H3,(H,24,25)/t19-/m1/s1. The number of nitrogens with one attached hydrogen (secondary N) is 1. The van der Waals surface area contributed by atoms with Crippen LogP contribution in [0.2, 0.25) is 0 Å². The molecule has 0 fully saturated rings. The van der Waals surface area contributed by atoms with Gasteiger partial charge in [0.05, 0.1) is 12.8 Å². The number of anilines is 1. The molecule has 1 aliphatic heterocycles. The van der Waals surface area contributed by atoms with Crippen LogP contribution >= 0.6 is 11.3 Å². The largest absolute Gasteiger partial charge is 0.497 e. The van der Waals surface area contributed by atoms with Gasteiger partial charge in [0.25, 0.3) is 0 Å². The molecule has 4 rings (SSSR count). The normalized spacial score (nSPS) is 15.5. The summed E-state index contributed by atoms with van der Waals surface area (Å²) in [5.41, 5.74) is 4.15. The number of fused-ring (bicyclic) bond motifs is 1. The Morgan fingerprint density at radius 3 is 2.54 bits per heavy atom. The Hall–Kier alpha value is -3.05. The number of carbonyl (C=O) groups is 1. The van der Waals surface area contributed by atoms with Gasteiger partial charge in [0.2, 0.25) is 5.91 Å². The van der Waals surface area contributed by atoms with E-state index in [-0.39, 0.29) is 11.8 Å². The van der Waals surface area contributed by atoms with Gasteiger partial charge in [-0.05, 0) is 35.4 Å². The Morgan fingerprint density at radius 2 is 1.86 bits per heavy atom. The predicted molar refractivity (Wildman–Crippen MR) is 114 cm³/mol. The van der Waals surface area contributed by atoms with Gasteiger partial charge < -0.3 is 14.8 Å². The van der Waals surface area contributed by atoms with E-state index < -0.39 is 0 Å². The van der Waals surface area contributed by atoms with Crippen LogP contribution in [0.5, 0.6) is 11.5 Å². The molecule has 0 radical (unpaired) electrons. The molecule has 0 spiro atoms. The Labute approximate surface area is 168 Å². The van der Waals surface area contributed by atoms with Crippen molar-refractivity contribution < 1.29 is 14.3 Å². The van der Waals surface area contributed by atoms with E-state index >= 15 is 0 Å². The van der Waals surface area contributed by atoms with Gasteiger partial charge in [-0.25, -0.2) is 0 Å². The maximum absolute atomic E-state index is 12.4. The number of methoxy groups -OCH3 is 1. The van der Waals surface area contributed by atoms with Crippen LogP contribution in [0.3, 0.4) is 0 Å². The van der Waals surface area contributed by atoms with Gasteiger partial charge in [-0.2, -0.15) is 0 Å². The Balaban J connectivity index is 1.67. The molecule has 1 amide bonds. The summed E-state index contributed by atoms with van der Waals surface area (Å²) in [6, 6.07) is 15.9. The first-order chi connectivity index (χ1) is 13.7. The van der Waals surface area contributed by atoms with E-state index in [0.717, 1.165) is 33.9 Å². The average Bonchev–Trinajstić information content (AvgIpc) is 3.16. The van der Waals surface area contributed by atoms with Crippen LogP contribution in [0.25, 0.3) is 11.1 Å². The van der Waals surface area contributed by atoms with Crippen molar-refractivity contribution in [1.82, 2.24) is 0 Å². The summed E-state index contributed by atoms with van der Waals surface area (Å²) >= 11 is 1.69. The second kappa shape index (κ2) is 7.90. The average molecular weight is 391 g/mol. The van der Waals surface area contributed by atoms with Crippen molar-refractivity contribution in [3.05, 3.63) is 77.0 Å². The second-order valence-electron chi connectivity index (χ2n) is 6.59. The molecule has 1 atom stereocenters. The quantitative estimate of drug-likeness (QED) is 0.568. The molecule has 1 aliphatic rings. The number of amides is 1. The number of ether oxygens (including phenoxy) is 2. The van der Waals surface area contributed by atoms with Crippen LogP contribution < -0.4 is 14.8 Å². The molecule has 2 heterocycles. The van der Waals surface area contributed by atoms with E-state index in [0.29, 0.717) is 13.0 Å². The third kappa shape index (κ3) is 3.53. The van der Waals surface area contributed by atoms with Crippen LogP contribution in [-0.2, 0) is 4.79 Å². The highest BCUT2D eigenvalue weighted by molar-refractivity contribution is 7.11. The molecule has 0 aliphatic carbocycles. The Kier molecular flexibility index (Phi) is 5.17. The summed E-state index contributed by atoms with van der Waals surface area (Å²) in [5.74, 6) is 1.70. The molecule has 5 heteroatoms. The molecule has 0 saturated carbocycles. The van der Waals surface area contributed by atoms with Crippen LogP contribution in [0.4, 0.5) is 5.69 Å². The van der Waals surface area contributed by atoms with Crippen LogP contribution in [0.15, 0.2) is 66.6 Å². The third-order valence-electron chi connectivity index (χ3n) is 4.84. The first kappa shape index (κ1) is 18.3. The minimum atomic E-state index is 0.0395. The zero-order chi connectivity index (χ0) is 19.5. The summed E-state index contributed by atoms with van der Waals surface area (Å²) in [6.45, 7) is 4.14. The number of hydrogen-bond acceptors (Lipinski definition) is 4. The number of benzene rings is 2. The minimum absolute atomic E-state index is 0.0395. The fourth-order valence-corrected chi connectivity index (χ4v) is 4.59. The fraction of sp³-hybridized carbons (Fsp3) is 0.174. The van der Waals surface area contributed by atoms with Crippen molar-refractivity contribution >= 4 is 22.9 Å². The molecule has 142 valence electrons. The highest BCUT2D eigenvalue weighted by atomic mass is 32.1. The minimum Gasteiger partial charge on any atom is -0.497 e. The lowest BCUT2D eigenvalue weighted by Crippen LogP contribution is -2.22. The first-order valence-corrected chi connectivity index (χ1v) is 9.97. The zero-order valence-electron chi connectivity index (χ0n) is 15.6. The summed E-state index contributed by atoms with van der Waals surface area (Å²) < 4.78 is 10.8. The monoisotopic (exact) mass is 391 g/mol. The number of hydrogen-bond donors (Lipinski definition) is 1. The highest BCUT2D eigenvalue weighted by Crippen LogP contribution is 2.46. The summed E-state index contributed by atoms with van der Waals surface area (Å²) in [6.07, 6.45) is 2.17. The van der Waals surface area contributed by atoms with E-state index in [4.69, 9.17) is 9.47 Å². The lowest BCUT2D eigenvalue weighted by Gasteiger charge is -2.24. The van der Waals surface area contributed by atoms with Crippen molar-refractivity contribution in [2.45, 2.75) is 12.3 Å². The van der Waals surface area contributed by atoms with E-state index in [9.17, 15) is 4.79 Å².